The van der Waals surface area contributed by atoms with Crippen LogP contribution in [-0.2, 0) is 11.3 Å². The molecule has 1 fully saturated rings. The van der Waals surface area contributed by atoms with Gasteiger partial charge in [0, 0.05) is 30.8 Å². The fraction of sp³-hybridized carbons (Fsp3) is 0.625. The molecule has 1 saturated carbocycles. The predicted octanol–water partition coefficient (Wildman–Crippen LogP) is 3.79. The lowest BCUT2D eigenvalue weighted by Gasteiger charge is -2.24. The lowest BCUT2D eigenvalue weighted by atomic mass is 9.97. The number of hydrogen-bond donors (Lipinski definition) is 1. The molecule has 3 nitrogen and oxygen atoms in total. The van der Waals surface area contributed by atoms with E-state index in [1.165, 1.54) is 32.1 Å². The molecule has 0 spiro atoms. The van der Waals surface area contributed by atoms with E-state index >= 15 is 0 Å². The third-order valence-corrected chi connectivity index (χ3v) is 3.90. The van der Waals surface area contributed by atoms with Gasteiger partial charge in [-0.1, -0.05) is 18.0 Å². The van der Waals surface area contributed by atoms with E-state index in [-0.39, 0.29) is 0 Å². The molecule has 20 heavy (non-hydrogen) atoms. The molecular formula is C16H24ClNO2. The minimum absolute atomic E-state index is 0.364. The Hall–Kier alpha value is -0.770. The summed E-state index contributed by atoms with van der Waals surface area (Å²) in [6.45, 7) is 2.29. The second-order valence-corrected chi connectivity index (χ2v) is 5.74. The summed E-state index contributed by atoms with van der Waals surface area (Å²) in [7, 11) is 1.71. The number of rotatable bonds is 7. The van der Waals surface area contributed by atoms with Crippen molar-refractivity contribution >= 4 is 11.6 Å². The topological polar surface area (TPSA) is 30.5 Å². The first-order chi connectivity index (χ1) is 9.79. The summed E-state index contributed by atoms with van der Waals surface area (Å²) in [4.78, 5) is 0. The van der Waals surface area contributed by atoms with Crippen LogP contribution in [0, 0.1) is 0 Å². The maximum Gasteiger partial charge on any atom is 0.124 e. The third-order valence-electron chi connectivity index (χ3n) is 3.67. The van der Waals surface area contributed by atoms with Crippen LogP contribution >= 0.6 is 11.6 Å². The Morgan fingerprint density at radius 1 is 1.25 bits per heavy atom. The smallest absolute Gasteiger partial charge is 0.124 e. The van der Waals surface area contributed by atoms with E-state index in [0.717, 1.165) is 29.4 Å². The quantitative estimate of drug-likeness (QED) is 0.777. The maximum absolute atomic E-state index is 6.17. The van der Waals surface area contributed by atoms with Crippen molar-refractivity contribution in [3.05, 3.63) is 28.8 Å². The number of nitrogens with one attached hydrogen (secondary N) is 1. The highest BCUT2D eigenvalue weighted by molar-refractivity contribution is 6.30. The molecule has 1 aromatic rings. The van der Waals surface area contributed by atoms with Crippen LogP contribution in [0.15, 0.2) is 18.2 Å². The summed E-state index contributed by atoms with van der Waals surface area (Å²) in [5, 5.41) is 4.10. The number of halogens is 1. The van der Waals surface area contributed by atoms with E-state index in [1.54, 1.807) is 7.11 Å². The van der Waals surface area contributed by atoms with Crippen molar-refractivity contribution in [1.29, 1.82) is 0 Å². The predicted molar refractivity (Wildman–Crippen MR) is 82.5 cm³/mol. The van der Waals surface area contributed by atoms with Crippen LogP contribution in [0.25, 0.3) is 0 Å². The average Bonchev–Trinajstić information content (AvgIpc) is 2.47. The van der Waals surface area contributed by atoms with E-state index in [2.05, 4.69) is 5.32 Å². The molecule has 0 atom stereocenters. The summed E-state index contributed by atoms with van der Waals surface area (Å²) in [5.74, 6) is 0.964. The third kappa shape index (κ3) is 4.97. The molecule has 1 aromatic carbocycles. The summed E-state index contributed by atoms with van der Waals surface area (Å²) in [6, 6.07) is 5.88. The van der Waals surface area contributed by atoms with E-state index in [9.17, 15) is 0 Å². The molecule has 1 N–H and O–H groups in total. The Morgan fingerprint density at radius 2 is 2.05 bits per heavy atom. The number of ether oxygens (including phenoxy) is 2. The number of hydrogen-bond acceptors (Lipinski definition) is 3. The molecule has 2 rings (SSSR count). The van der Waals surface area contributed by atoms with Crippen LogP contribution in [0.5, 0.6) is 5.75 Å². The van der Waals surface area contributed by atoms with Gasteiger partial charge in [0.05, 0.1) is 12.7 Å². The first-order valence-electron chi connectivity index (χ1n) is 7.44. The molecule has 0 bridgehead atoms. The zero-order chi connectivity index (χ0) is 14.2. The lowest BCUT2D eigenvalue weighted by Crippen LogP contribution is -2.22. The molecular weight excluding hydrogens is 274 g/mol. The maximum atomic E-state index is 6.17. The van der Waals surface area contributed by atoms with Gasteiger partial charge in [0.15, 0.2) is 0 Å². The van der Waals surface area contributed by atoms with Gasteiger partial charge in [-0.15, -0.1) is 0 Å². The van der Waals surface area contributed by atoms with Crippen molar-refractivity contribution in [2.45, 2.75) is 44.8 Å². The van der Waals surface area contributed by atoms with Crippen molar-refractivity contribution in [3.8, 4) is 5.75 Å². The minimum atomic E-state index is 0.364. The fourth-order valence-electron chi connectivity index (χ4n) is 2.56. The summed E-state index contributed by atoms with van der Waals surface area (Å²) < 4.78 is 11.2. The highest BCUT2D eigenvalue weighted by Gasteiger charge is 2.16. The molecule has 1 aliphatic rings. The van der Waals surface area contributed by atoms with E-state index in [0.29, 0.717) is 12.7 Å². The van der Waals surface area contributed by atoms with Gasteiger partial charge in [-0.2, -0.15) is 0 Å². The van der Waals surface area contributed by atoms with E-state index in [4.69, 9.17) is 21.1 Å². The van der Waals surface area contributed by atoms with Gasteiger partial charge < -0.3 is 14.8 Å². The molecule has 0 amide bonds. The van der Waals surface area contributed by atoms with E-state index in [1.807, 2.05) is 18.2 Å². The standard InChI is InChI=1S/C16H24ClNO2/c1-19-10-9-18-12-13-11-14(17)7-8-16(13)20-15-5-3-2-4-6-15/h7-8,11,15,18H,2-6,9-10,12H2,1H3. The molecule has 0 radical (unpaired) electrons. The Bertz CT molecular complexity index is 405. The van der Waals surface area contributed by atoms with Crippen molar-refractivity contribution < 1.29 is 9.47 Å². The summed E-state index contributed by atoms with van der Waals surface area (Å²) in [5.41, 5.74) is 1.12. The first-order valence-corrected chi connectivity index (χ1v) is 7.82. The zero-order valence-electron chi connectivity index (χ0n) is 12.2. The molecule has 0 unspecified atom stereocenters. The molecule has 112 valence electrons. The van der Waals surface area contributed by atoms with Crippen LogP contribution in [-0.4, -0.2) is 26.4 Å². The Morgan fingerprint density at radius 3 is 2.80 bits per heavy atom. The van der Waals surface area contributed by atoms with Crippen molar-refractivity contribution in [1.82, 2.24) is 5.32 Å². The van der Waals surface area contributed by atoms with Crippen LogP contribution in [0.4, 0.5) is 0 Å². The average molecular weight is 298 g/mol. The Balaban J connectivity index is 1.95. The second-order valence-electron chi connectivity index (χ2n) is 5.30. The molecule has 0 aromatic heterocycles. The van der Waals surface area contributed by atoms with Gasteiger partial charge in [-0.3, -0.25) is 0 Å². The van der Waals surface area contributed by atoms with Crippen molar-refractivity contribution in [2.24, 2.45) is 0 Å². The monoisotopic (exact) mass is 297 g/mol. The van der Waals surface area contributed by atoms with Gasteiger partial charge >= 0.3 is 0 Å². The molecule has 0 aliphatic heterocycles. The zero-order valence-corrected chi connectivity index (χ0v) is 12.9. The van der Waals surface area contributed by atoms with Crippen molar-refractivity contribution in [2.75, 3.05) is 20.3 Å². The van der Waals surface area contributed by atoms with Crippen molar-refractivity contribution in [3.63, 3.8) is 0 Å². The lowest BCUT2D eigenvalue weighted by molar-refractivity contribution is 0.153. The van der Waals surface area contributed by atoms with Gasteiger partial charge in [0.2, 0.25) is 0 Å². The summed E-state index contributed by atoms with van der Waals surface area (Å²) >= 11 is 6.09. The largest absolute Gasteiger partial charge is 0.490 e. The van der Waals surface area contributed by atoms with Crippen LogP contribution in [0.2, 0.25) is 5.02 Å². The highest BCUT2D eigenvalue weighted by Crippen LogP contribution is 2.28. The Labute approximate surface area is 126 Å². The van der Waals surface area contributed by atoms with Crippen LogP contribution < -0.4 is 10.1 Å². The molecule has 4 heteroatoms. The molecule has 1 aliphatic carbocycles. The first kappa shape index (κ1) is 15.6. The fourth-order valence-corrected chi connectivity index (χ4v) is 2.76. The summed E-state index contributed by atoms with van der Waals surface area (Å²) in [6.07, 6.45) is 6.59. The highest BCUT2D eigenvalue weighted by atomic mass is 35.5. The number of benzene rings is 1. The Kier molecular flexibility index (Phi) is 6.64. The minimum Gasteiger partial charge on any atom is -0.490 e. The van der Waals surface area contributed by atoms with Gasteiger partial charge in [0.1, 0.15) is 5.75 Å². The molecule has 0 heterocycles. The second kappa shape index (κ2) is 8.50. The SMILES string of the molecule is COCCNCc1cc(Cl)ccc1OC1CCCCC1. The van der Waals surface area contributed by atoms with Crippen LogP contribution in [0.1, 0.15) is 37.7 Å². The normalized spacial score (nSPS) is 16.3. The van der Waals surface area contributed by atoms with E-state index < -0.39 is 0 Å². The number of methoxy groups -OCH3 is 1. The van der Waals surface area contributed by atoms with Gasteiger partial charge in [-0.05, 0) is 43.9 Å². The van der Waals surface area contributed by atoms with Gasteiger partial charge in [-0.25, -0.2) is 0 Å². The van der Waals surface area contributed by atoms with Crippen LogP contribution in [0.3, 0.4) is 0 Å². The van der Waals surface area contributed by atoms with Gasteiger partial charge in [0.25, 0.3) is 0 Å². The molecule has 0 saturated heterocycles.